The smallest absolute Gasteiger partial charge is 0.219 e. The van der Waals surface area contributed by atoms with Gasteiger partial charge in [-0.3, -0.25) is 4.79 Å². The van der Waals surface area contributed by atoms with Crippen molar-refractivity contribution in [2.75, 3.05) is 0 Å². The molecule has 1 fully saturated rings. The Morgan fingerprint density at radius 2 is 2.17 bits per heavy atom. The molecule has 0 unspecified atom stereocenters. The van der Waals surface area contributed by atoms with Gasteiger partial charge in [0.1, 0.15) is 0 Å². The number of carbonyl (C=O) groups excluding carboxylic acids is 1. The summed E-state index contributed by atoms with van der Waals surface area (Å²) in [5, 5.41) is 3.01. The molecule has 1 aliphatic rings. The van der Waals surface area contributed by atoms with E-state index >= 15 is 0 Å². The summed E-state index contributed by atoms with van der Waals surface area (Å²) in [6, 6.07) is 0.406. The molecule has 0 aromatic carbocycles. The van der Waals surface area contributed by atoms with Crippen LogP contribution in [0.3, 0.4) is 0 Å². The minimum atomic E-state index is 0.174. The van der Waals surface area contributed by atoms with Crippen LogP contribution in [-0.4, -0.2) is 11.9 Å². The van der Waals surface area contributed by atoms with Gasteiger partial charge < -0.3 is 5.32 Å². The molecule has 1 saturated carbocycles. The number of hydrogen-bond acceptors (Lipinski definition) is 1. The summed E-state index contributed by atoms with van der Waals surface area (Å²) in [7, 11) is 0. The van der Waals surface area contributed by atoms with Gasteiger partial charge in [-0.25, -0.2) is 0 Å². The molecule has 0 aliphatic heterocycles. The van der Waals surface area contributed by atoms with Crippen LogP contribution in [0.1, 0.15) is 39.0 Å². The molecule has 1 aliphatic carbocycles. The van der Waals surface area contributed by atoms with E-state index in [-0.39, 0.29) is 5.91 Å². The van der Waals surface area contributed by atoms with Crippen LogP contribution in [0, 0.1) is 0 Å². The van der Waals surface area contributed by atoms with Crippen LogP contribution in [0.5, 0.6) is 0 Å². The van der Waals surface area contributed by atoms with Gasteiger partial charge in [-0.05, 0) is 25.7 Å². The fraction of sp³-hybridized carbons (Fsp3) is 0.700. The standard InChI is InChI=1S/C10H17NO/c1-3-10(12)11-9-6-4-8(2)5-7-9/h9H,2-7H2,1H3,(H,11,12). The maximum absolute atomic E-state index is 11.0. The van der Waals surface area contributed by atoms with Crippen molar-refractivity contribution in [3.63, 3.8) is 0 Å². The maximum Gasteiger partial charge on any atom is 0.219 e. The zero-order valence-electron chi connectivity index (χ0n) is 7.73. The molecule has 0 aromatic rings. The predicted octanol–water partition coefficient (Wildman–Crippen LogP) is 2.01. The summed E-state index contributed by atoms with van der Waals surface area (Å²) in [6.45, 7) is 5.82. The van der Waals surface area contributed by atoms with E-state index in [2.05, 4.69) is 11.9 Å². The Morgan fingerprint density at radius 3 is 2.67 bits per heavy atom. The first-order valence-electron chi connectivity index (χ1n) is 4.68. The number of allylic oxidation sites excluding steroid dienone is 1. The second-order valence-electron chi connectivity index (χ2n) is 3.45. The van der Waals surface area contributed by atoms with Gasteiger partial charge in [0.2, 0.25) is 5.91 Å². The number of nitrogens with one attached hydrogen (secondary N) is 1. The highest BCUT2D eigenvalue weighted by molar-refractivity contribution is 5.75. The van der Waals surface area contributed by atoms with Crippen LogP contribution < -0.4 is 5.32 Å². The molecule has 0 bridgehead atoms. The first-order valence-corrected chi connectivity index (χ1v) is 4.68. The molecule has 0 spiro atoms. The van der Waals surface area contributed by atoms with Gasteiger partial charge in [-0.1, -0.05) is 19.1 Å². The van der Waals surface area contributed by atoms with Crippen molar-refractivity contribution in [2.45, 2.75) is 45.1 Å². The largest absolute Gasteiger partial charge is 0.353 e. The topological polar surface area (TPSA) is 29.1 Å². The molecular formula is C10H17NO. The monoisotopic (exact) mass is 167 g/mol. The predicted molar refractivity (Wildman–Crippen MR) is 49.8 cm³/mol. The molecule has 2 heteroatoms. The average Bonchev–Trinajstić information content (AvgIpc) is 2.09. The highest BCUT2D eigenvalue weighted by atomic mass is 16.1. The third kappa shape index (κ3) is 2.68. The third-order valence-corrected chi connectivity index (χ3v) is 2.38. The van der Waals surface area contributed by atoms with Crippen molar-refractivity contribution in [2.24, 2.45) is 0 Å². The Hall–Kier alpha value is -0.790. The van der Waals surface area contributed by atoms with Gasteiger partial charge >= 0.3 is 0 Å². The molecule has 2 nitrogen and oxygen atoms in total. The molecule has 68 valence electrons. The average molecular weight is 167 g/mol. The fourth-order valence-corrected chi connectivity index (χ4v) is 1.50. The highest BCUT2D eigenvalue weighted by Crippen LogP contribution is 2.21. The SMILES string of the molecule is C=C1CCC(NC(=O)CC)CC1. The van der Waals surface area contributed by atoms with E-state index in [0.717, 1.165) is 25.7 Å². The quantitative estimate of drug-likeness (QED) is 0.626. The summed E-state index contributed by atoms with van der Waals surface area (Å²) in [5.41, 5.74) is 1.33. The van der Waals surface area contributed by atoms with Crippen LogP contribution in [0.2, 0.25) is 0 Å². The van der Waals surface area contributed by atoms with Gasteiger partial charge in [0.15, 0.2) is 0 Å². The molecule has 12 heavy (non-hydrogen) atoms. The lowest BCUT2D eigenvalue weighted by molar-refractivity contribution is -0.121. The summed E-state index contributed by atoms with van der Waals surface area (Å²) in [6.07, 6.45) is 4.90. The molecule has 0 radical (unpaired) electrons. The lowest BCUT2D eigenvalue weighted by Gasteiger charge is -2.23. The Labute approximate surface area is 74.0 Å². The van der Waals surface area contributed by atoms with Crippen molar-refractivity contribution in [3.8, 4) is 0 Å². The third-order valence-electron chi connectivity index (χ3n) is 2.38. The van der Waals surface area contributed by atoms with E-state index in [1.807, 2.05) is 6.92 Å². The van der Waals surface area contributed by atoms with Gasteiger partial charge in [0.25, 0.3) is 0 Å². The Balaban J connectivity index is 2.26. The molecule has 1 N–H and O–H groups in total. The van der Waals surface area contributed by atoms with Gasteiger partial charge in [0, 0.05) is 12.5 Å². The summed E-state index contributed by atoms with van der Waals surface area (Å²) in [5.74, 6) is 0.174. The second kappa shape index (κ2) is 4.29. The van der Waals surface area contributed by atoms with Gasteiger partial charge in [0.05, 0.1) is 0 Å². The maximum atomic E-state index is 11.0. The van der Waals surface area contributed by atoms with Crippen molar-refractivity contribution < 1.29 is 4.79 Å². The van der Waals surface area contributed by atoms with E-state index < -0.39 is 0 Å². The summed E-state index contributed by atoms with van der Waals surface area (Å²) in [4.78, 5) is 11.0. The number of carbonyl (C=O) groups is 1. The van der Waals surface area contributed by atoms with E-state index in [4.69, 9.17) is 0 Å². The van der Waals surface area contributed by atoms with Crippen LogP contribution in [0.4, 0.5) is 0 Å². The minimum Gasteiger partial charge on any atom is -0.353 e. The van der Waals surface area contributed by atoms with Crippen LogP contribution >= 0.6 is 0 Å². The molecular weight excluding hydrogens is 150 g/mol. The lowest BCUT2D eigenvalue weighted by atomic mass is 9.92. The molecule has 1 rings (SSSR count). The van der Waals surface area contributed by atoms with Crippen molar-refractivity contribution in [1.29, 1.82) is 0 Å². The van der Waals surface area contributed by atoms with E-state index in [1.54, 1.807) is 0 Å². The Bertz CT molecular complexity index is 176. The molecule has 0 atom stereocenters. The molecule has 0 heterocycles. The second-order valence-corrected chi connectivity index (χ2v) is 3.45. The van der Waals surface area contributed by atoms with Crippen LogP contribution in [-0.2, 0) is 4.79 Å². The minimum absolute atomic E-state index is 0.174. The van der Waals surface area contributed by atoms with Crippen LogP contribution in [0.25, 0.3) is 0 Å². The van der Waals surface area contributed by atoms with E-state index in [1.165, 1.54) is 5.57 Å². The van der Waals surface area contributed by atoms with Gasteiger partial charge in [-0.2, -0.15) is 0 Å². The summed E-state index contributed by atoms with van der Waals surface area (Å²) >= 11 is 0. The van der Waals surface area contributed by atoms with Crippen molar-refractivity contribution in [1.82, 2.24) is 5.32 Å². The number of rotatable bonds is 2. The number of hydrogen-bond donors (Lipinski definition) is 1. The Morgan fingerprint density at radius 1 is 1.58 bits per heavy atom. The fourth-order valence-electron chi connectivity index (χ4n) is 1.50. The normalized spacial score (nSPS) is 19.2. The molecule has 1 amide bonds. The lowest BCUT2D eigenvalue weighted by Crippen LogP contribution is -2.35. The molecule has 0 saturated heterocycles. The molecule has 0 aromatic heterocycles. The van der Waals surface area contributed by atoms with Gasteiger partial charge in [-0.15, -0.1) is 0 Å². The van der Waals surface area contributed by atoms with E-state index in [9.17, 15) is 4.79 Å². The zero-order chi connectivity index (χ0) is 8.97. The number of amides is 1. The van der Waals surface area contributed by atoms with Crippen molar-refractivity contribution in [3.05, 3.63) is 12.2 Å². The highest BCUT2D eigenvalue weighted by Gasteiger charge is 2.16. The summed E-state index contributed by atoms with van der Waals surface area (Å²) < 4.78 is 0. The van der Waals surface area contributed by atoms with Crippen molar-refractivity contribution >= 4 is 5.91 Å². The first-order chi connectivity index (χ1) is 5.72. The zero-order valence-corrected chi connectivity index (χ0v) is 7.73. The van der Waals surface area contributed by atoms with Crippen LogP contribution in [0.15, 0.2) is 12.2 Å². The first kappa shape index (κ1) is 9.30. The Kier molecular flexibility index (Phi) is 3.32. The van der Waals surface area contributed by atoms with E-state index in [0.29, 0.717) is 12.5 Å².